The van der Waals surface area contributed by atoms with Crippen molar-refractivity contribution in [3.63, 3.8) is 0 Å². The highest BCUT2D eigenvalue weighted by atomic mass is 19.1. The van der Waals surface area contributed by atoms with Crippen molar-refractivity contribution in [2.24, 2.45) is 5.92 Å². The van der Waals surface area contributed by atoms with Crippen LogP contribution in [0.4, 0.5) is 8.78 Å². The molecule has 162 valence electrons. The van der Waals surface area contributed by atoms with Gasteiger partial charge >= 0.3 is 5.69 Å². The van der Waals surface area contributed by atoms with E-state index < -0.39 is 11.6 Å². The summed E-state index contributed by atoms with van der Waals surface area (Å²) in [6.45, 7) is 0.891. The molecule has 1 unspecified atom stereocenters. The summed E-state index contributed by atoms with van der Waals surface area (Å²) in [6, 6.07) is 7.01. The molecule has 0 bridgehead atoms. The Labute approximate surface area is 177 Å². The molecular weight excluding hydrogens is 404 g/mol. The van der Waals surface area contributed by atoms with E-state index in [2.05, 4.69) is 15.4 Å². The molecule has 2 aromatic heterocycles. The Morgan fingerprint density at radius 2 is 2.10 bits per heavy atom. The number of aromatic nitrogens is 4. The van der Waals surface area contributed by atoms with Crippen LogP contribution in [0, 0.1) is 17.6 Å². The van der Waals surface area contributed by atoms with Gasteiger partial charge in [-0.05, 0) is 36.5 Å². The molecule has 31 heavy (non-hydrogen) atoms. The van der Waals surface area contributed by atoms with Gasteiger partial charge < -0.3 is 5.32 Å². The Balaban J connectivity index is 1.32. The molecule has 0 spiro atoms. The third-order valence-corrected chi connectivity index (χ3v) is 5.56. The summed E-state index contributed by atoms with van der Waals surface area (Å²) in [4.78, 5) is 29.1. The minimum Gasteiger partial charge on any atom is -0.352 e. The van der Waals surface area contributed by atoms with E-state index in [0.29, 0.717) is 25.9 Å². The Kier molecular flexibility index (Phi) is 6.20. The van der Waals surface area contributed by atoms with Crippen molar-refractivity contribution in [1.29, 1.82) is 0 Å². The van der Waals surface area contributed by atoms with E-state index in [1.54, 1.807) is 17.0 Å². The number of hydrogen-bond donors (Lipinski definition) is 1. The van der Waals surface area contributed by atoms with E-state index in [1.165, 1.54) is 16.8 Å². The largest absolute Gasteiger partial charge is 0.352 e. The number of nitrogens with zero attached hydrogens (tertiary/aromatic N) is 4. The second-order valence-corrected chi connectivity index (χ2v) is 7.78. The number of carbonyl (C=O) groups excluding carboxylic acids is 1. The normalized spacial score (nSPS) is 15.9. The number of nitrogens with one attached hydrogen (secondary N) is 1. The summed E-state index contributed by atoms with van der Waals surface area (Å²) >= 11 is 0. The molecule has 1 aliphatic heterocycles. The third-order valence-electron chi connectivity index (χ3n) is 5.56. The van der Waals surface area contributed by atoms with Gasteiger partial charge in [0.15, 0.2) is 0 Å². The van der Waals surface area contributed by atoms with Gasteiger partial charge in [0.1, 0.15) is 17.5 Å². The molecule has 1 N–H and O–H groups in total. The first kappa shape index (κ1) is 20.9. The van der Waals surface area contributed by atoms with Crippen molar-refractivity contribution in [3.05, 3.63) is 81.8 Å². The molecule has 1 atom stereocenters. The van der Waals surface area contributed by atoms with Crippen molar-refractivity contribution in [1.82, 2.24) is 24.6 Å². The Morgan fingerprint density at radius 3 is 2.87 bits per heavy atom. The van der Waals surface area contributed by atoms with E-state index in [9.17, 15) is 18.4 Å². The zero-order valence-corrected chi connectivity index (χ0v) is 16.9. The molecule has 0 aliphatic carbocycles. The number of carbonyl (C=O) groups is 1. The molecule has 3 heterocycles. The monoisotopic (exact) mass is 427 g/mol. The van der Waals surface area contributed by atoms with Crippen LogP contribution in [0.5, 0.6) is 0 Å². The molecular formula is C22H23F2N5O2. The lowest BCUT2D eigenvalue weighted by molar-refractivity contribution is -0.122. The number of fused-ring (bicyclic) bond motifs is 1. The van der Waals surface area contributed by atoms with Gasteiger partial charge in [-0.3, -0.25) is 14.3 Å². The lowest BCUT2D eigenvalue weighted by Gasteiger charge is -2.14. The van der Waals surface area contributed by atoms with Crippen LogP contribution in [-0.4, -0.2) is 25.2 Å². The summed E-state index contributed by atoms with van der Waals surface area (Å²) < 4.78 is 29.8. The summed E-state index contributed by atoms with van der Waals surface area (Å²) in [5, 5.41) is 7.17. The van der Waals surface area contributed by atoms with Crippen LogP contribution in [0.3, 0.4) is 0 Å². The molecule has 1 aromatic carbocycles. The molecule has 0 saturated carbocycles. The number of halogens is 2. The van der Waals surface area contributed by atoms with E-state index in [4.69, 9.17) is 0 Å². The van der Waals surface area contributed by atoms with E-state index >= 15 is 0 Å². The maximum Gasteiger partial charge on any atom is 0.346 e. The van der Waals surface area contributed by atoms with Gasteiger partial charge in [0.25, 0.3) is 0 Å². The molecule has 0 fully saturated rings. The molecule has 9 heteroatoms. The van der Waals surface area contributed by atoms with Crippen LogP contribution in [0.1, 0.15) is 36.2 Å². The summed E-state index contributed by atoms with van der Waals surface area (Å²) in [5.74, 6) is -0.691. The van der Waals surface area contributed by atoms with Gasteiger partial charge in [0, 0.05) is 50.0 Å². The van der Waals surface area contributed by atoms with Crippen LogP contribution < -0.4 is 11.0 Å². The molecule has 0 saturated heterocycles. The van der Waals surface area contributed by atoms with Gasteiger partial charge in [0.05, 0.1) is 6.54 Å². The zero-order chi connectivity index (χ0) is 21.8. The second kappa shape index (κ2) is 9.20. The van der Waals surface area contributed by atoms with Crippen molar-refractivity contribution in [2.75, 3.05) is 0 Å². The summed E-state index contributed by atoms with van der Waals surface area (Å²) in [7, 11) is 0. The molecule has 0 radical (unpaired) electrons. The van der Waals surface area contributed by atoms with Crippen LogP contribution in [0.2, 0.25) is 0 Å². The van der Waals surface area contributed by atoms with E-state index in [-0.39, 0.29) is 36.0 Å². The Bertz CT molecular complexity index is 1130. The first-order chi connectivity index (χ1) is 15.0. The fourth-order valence-corrected chi connectivity index (χ4v) is 3.85. The molecule has 4 rings (SSSR count). The average Bonchev–Trinajstić information content (AvgIpc) is 2.91. The van der Waals surface area contributed by atoms with Crippen LogP contribution in [0.25, 0.3) is 0 Å². The van der Waals surface area contributed by atoms with Crippen molar-refractivity contribution in [3.8, 4) is 0 Å². The molecule has 1 aliphatic rings. The molecule has 3 aromatic rings. The molecule has 1 amide bonds. The maximum absolute atomic E-state index is 13.7. The van der Waals surface area contributed by atoms with Gasteiger partial charge in [-0.15, -0.1) is 0 Å². The number of amides is 1. The van der Waals surface area contributed by atoms with E-state index in [0.717, 1.165) is 23.9 Å². The molecule has 7 nitrogen and oxygen atoms in total. The van der Waals surface area contributed by atoms with Gasteiger partial charge in [-0.1, -0.05) is 12.1 Å². The quantitative estimate of drug-likeness (QED) is 0.655. The predicted molar refractivity (Wildman–Crippen MR) is 109 cm³/mol. The highest BCUT2D eigenvalue weighted by Gasteiger charge is 2.23. The second-order valence-electron chi connectivity index (χ2n) is 7.78. The van der Waals surface area contributed by atoms with Crippen LogP contribution in [0.15, 0.2) is 47.5 Å². The Morgan fingerprint density at radius 1 is 1.23 bits per heavy atom. The van der Waals surface area contributed by atoms with E-state index in [1.807, 2.05) is 12.1 Å². The number of pyridine rings is 1. The first-order valence-corrected chi connectivity index (χ1v) is 10.3. The number of rotatable bonds is 6. The van der Waals surface area contributed by atoms with Gasteiger partial charge in [-0.25, -0.2) is 18.3 Å². The highest BCUT2D eigenvalue weighted by molar-refractivity contribution is 5.76. The Hall–Kier alpha value is -3.36. The standard InChI is InChI=1S/C22H23F2N5O2/c23-18-5-4-17(19(24)11-18)13-26-21(30)10-15-3-6-20-27-29(22(31)28(20)9-7-15)14-16-2-1-8-25-12-16/h1-2,4-5,8,11-12,15H,3,6-7,9-10,13-14H2,(H,26,30). The third kappa shape index (κ3) is 5.04. The fraction of sp³-hybridized carbons (Fsp3) is 0.364. The minimum absolute atomic E-state index is 0.0122. The van der Waals surface area contributed by atoms with Gasteiger partial charge in [-0.2, -0.15) is 5.10 Å². The number of aryl methyl sites for hydroxylation is 1. The smallest absolute Gasteiger partial charge is 0.346 e. The SMILES string of the molecule is O=C(CC1CCc2nn(Cc3cccnc3)c(=O)n2CC1)NCc1ccc(F)cc1F. The predicted octanol–water partition coefficient (Wildman–Crippen LogP) is 2.43. The zero-order valence-electron chi connectivity index (χ0n) is 16.9. The summed E-state index contributed by atoms with van der Waals surface area (Å²) in [5.41, 5.74) is 0.991. The first-order valence-electron chi connectivity index (χ1n) is 10.3. The van der Waals surface area contributed by atoms with Crippen molar-refractivity contribution >= 4 is 5.91 Å². The fourth-order valence-electron chi connectivity index (χ4n) is 3.85. The lowest BCUT2D eigenvalue weighted by atomic mass is 9.96. The number of hydrogen-bond acceptors (Lipinski definition) is 4. The highest BCUT2D eigenvalue weighted by Crippen LogP contribution is 2.21. The summed E-state index contributed by atoms with van der Waals surface area (Å²) in [6.07, 6.45) is 5.72. The van der Waals surface area contributed by atoms with Crippen LogP contribution in [-0.2, 0) is 30.8 Å². The number of benzene rings is 1. The average molecular weight is 427 g/mol. The van der Waals surface area contributed by atoms with Crippen LogP contribution >= 0.6 is 0 Å². The van der Waals surface area contributed by atoms with Crippen molar-refractivity contribution < 1.29 is 13.6 Å². The minimum atomic E-state index is -0.678. The van der Waals surface area contributed by atoms with Crippen molar-refractivity contribution in [2.45, 2.75) is 45.3 Å². The maximum atomic E-state index is 13.7. The van der Waals surface area contributed by atoms with Gasteiger partial charge in [0.2, 0.25) is 5.91 Å². The topological polar surface area (TPSA) is 81.8 Å². The lowest BCUT2D eigenvalue weighted by Crippen LogP contribution is -2.27.